The zero-order valence-corrected chi connectivity index (χ0v) is 13.4. The fourth-order valence-electron chi connectivity index (χ4n) is 1.31. The Morgan fingerprint density at radius 1 is 1.35 bits per heavy atom. The third-order valence-electron chi connectivity index (χ3n) is 3.91. The fraction of sp³-hybridized carbons (Fsp3) is 0.857. The van der Waals surface area contributed by atoms with Crippen LogP contribution in [0.4, 0.5) is 0 Å². The highest BCUT2D eigenvalue weighted by Crippen LogP contribution is 2.36. The molecule has 0 saturated heterocycles. The molecule has 17 heavy (non-hydrogen) atoms. The number of hydrogen-bond donors (Lipinski definition) is 1. The van der Waals surface area contributed by atoms with Crippen molar-refractivity contribution in [2.24, 2.45) is 5.92 Å². The van der Waals surface area contributed by atoms with Gasteiger partial charge in [0, 0.05) is 6.61 Å². The molecule has 0 aromatic carbocycles. The van der Waals surface area contributed by atoms with Crippen molar-refractivity contribution in [3.05, 3.63) is 12.7 Å². The van der Waals surface area contributed by atoms with Gasteiger partial charge in [0.15, 0.2) is 8.32 Å². The van der Waals surface area contributed by atoms with Gasteiger partial charge in [-0.25, -0.2) is 0 Å². The van der Waals surface area contributed by atoms with Crippen LogP contribution in [0.2, 0.25) is 18.1 Å². The van der Waals surface area contributed by atoms with Gasteiger partial charge in [0.2, 0.25) is 0 Å². The Morgan fingerprint density at radius 2 is 1.88 bits per heavy atom. The van der Waals surface area contributed by atoms with Gasteiger partial charge in [0.1, 0.15) is 0 Å². The molecule has 0 aromatic heterocycles. The molecule has 0 amide bonds. The maximum absolute atomic E-state index is 9.79. The standard InChI is InChI=1S/C14H30O2Si/c1-8-9-13(15)12(2)10-11-16-17(6,7)14(3,4)5/h8,12-13,15H,1,9-11H2,2-7H3/t12-,13?/m1/s1. The predicted molar refractivity (Wildman–Crippen MR) is 77.8 cm³/mol. The molecule has 0 bridgehead atoms. The first-order valence-electron chi connectivity index (χ1n) is 6.54. The predicted octanol–water partition coefficient (Wildman–Crippen LogP) is 3.97. The minimum absolute atomic E-state index is 0.260. The van der Waals surface area contributed by atoms with Gasteiger partial charge in [-0.05, 0) is 36.9 Å². The molecule has 0 aliphatic heterocycles. The molecule has 2 atom stereocenters. The average molecular weight is 258 g/mol. The van der Waals surface area contributed by atoms with Crippen LogP contribution in [-0.2, 0) is 4.43 Å². The second kappa shape index (κ2) is 6.71. The van der Waals surface area contributed by atoms with E-state index in [1.165, 1.54) is 0 Å². The largest absolute Gasteiger partial charge is 0.417 e. The van der Waals surface area contributed by atoms with Gasteiger partial charge in [-0.2, -0.15) is 0 Å². The normalized spacial score (nSPS) is 16.6. The fourth-order valence-corrected chi connectivity index (χ4v) is 2.37. The van der Waals surface area contributed by atoms with E-state index in [-0.39, 0.29) is 17.1 Å². The molecule has 1 N–H and O–H groups in total. The van der Waals surface area contributed by atoms with Crippen LogP contribution in [0.3, 0.4) is 0 Å². The van der Waals surface area contributed by atoms with Crippen LogP contribution < -0.4 is 0 Å². The van der Waals surface area contributed by atoms with E-state index < -0.39 is 8.32 Å². The van der Waals surface area contributed by atoms with Crippen LogP contribution in [0, 0.1) is 5.92 Å². The highest BCUT2D eigenvalue weighted by atomic mass is 28.4. The number of aliphatic hydroxyl groups excluding tert-OH is 1. The number of hydrogen-bond acceptors (Lipinski definition) is 2. The molecule has 0 aromatic rings. The topological polar surface area (TPSA) is 29.5 Å². The zero-order valence-electron chi connectivity index (χ0n) is 12.4. The maximum Gasteiger partial charge on any atom is 0.191 e. The van der Waals surface area contributed by atoms with Crippen LogP contribution in [0.25, 0.3) is 0 Å². The molecule has 0 rings (SSSR count). The van der Waals surface area contributed by atoms with E-state index in [2.05, 4.69) is 47.4 Å². The third kappa shape index (κ3) is 5.84. The third-order valence-corrected chi connectivity index (χ3v) is 8.45. The molecule has 0 radical (unpaired) electrons. The second-order valence-corrected chi connectivity index (χ2v) is 11.3. The summed E-state index contributed by atoms with van der Waals surface area (Å²) in [6, 6.07) is 0. The number of rotatable bonds is 7. The molecule has 102 valence electrons. The van der Waals surface area contributed by atoms with Gasteiger partial charge in [-0.3, -0.25) is 0 Å². The molecule has 0 saturated carbocycles. The molecule has 0 heterocycles. The smallest absolute Gasteiger partial charge is 0.191 e. The summed E-state index contributed by atoms with van der Waals surface area (Å²) in [5.74, 6) is 0.276. The first kappa shape index (κ1) is 16.9. The van der Waals surface area contributed by atoms with Crippen LogP contribution in [0.1, 0.15) is 40.5 Å². The van der Waals surface area contributed by atoms with E-state index in [4.69, 9.17) is 4.43 Å². The van der Waals surface area contributed by atoms with Crippen molar-refractivity contribution < 1.29 is 9.53 Å². The lowest BCUT2D eigenvalue weighted by Gasteiger charge is -2.36. The first-order chi connectivity index (χ1) is 7.62. The van der Waals surface area contributed by atoms with Crippen molar-refractivity contribution >= 4 is 8.32 Å². The molecule has 0 spiro atoms. The van der Waals surface area contributed by atoms with Crippen LogP contribution in [0.15, 0.2) is 12.7 Å². The van der Waals surface area contributed by atoms with Crippen molar-refractivity contribution in [3.63, 3.8) is 0 Å². The summed E-state index contributed by atoms with van der Waals surface area (Å²) in [6.07, 6.45) is 3.08. The lowest BCUT2D eigenvalue weighted by Crippen LogP contribution is -2.41. The summed E-state index contributed by atoms with van der Waals surface area (Å²) >= 11 is 0. The van der Waals surface area contributed by atoms with E-state index in [0.29, 0.717) is 6.42 Å². The van der Waals surface area contributed by atoms with Crippen LogP contribution in [-0.4, -0.2) is 26.1 Å². The zero-order chi connectivity index (χ0) is 13.7. The highest BCUT2D eigenvalue weighted by Gasteiger charge is 2.37. The molecule has 0 aliphatic rings. The Morgan fingerprint density at radius 3 is 2.29 bits per heavy atom. The van der Waals surface area contributed by atoms with E-state index in [1.54, 1.807) is 6.08 Å². The quantitative estimate of drug-likeness (QED) is 0.553. The Kier molecular flexibility index (Phi) is 6.67. The monoisotopic (exact) mass is 258 g/mol. The van der Waals surface area contributed by atoms with Crippen molar-refractivity contribution in [1.29, 1.82) is 0 Å². The summed E-state index contributed by atoms with van der Waals surface area (Å²) in [5.41, 5.74) is 0. The van der Waals surface area contributed by atoms with Crippen LogP contribution >= 0.6 is 0 Å². The van der Waals surface area contributed by atoms with E-state index in [0.717, 1.165) is 13.0 Å². The lowest BCUT2D eigenvalue weighted by atomic mass is 9.99. The lowest BCUT2D eigenvalue weighted by molar-refractivity contribution is 0.102. The Labute approximate surface area is 108 Å². The number of aliphatic hydroxyl groups is 1. The van der Waals surface area contributed by atoms with Gasteiger partial charge in [-0.1, -0.05) is 33.8 Å². The van der Waals surface area contributed by atoms with Gasteiger partial charge >= 0.3 is 0 Å². The molecule has 2 nitrogen and oxygen atoms in total. The highest BCUT2D eigenvalue weighted by molar-refractivity contribution is 6.74. The van der Waals surface area contributed by atoms with Crippen molar-refractivity contribution in [3.8, 4) is 0 Å². The minimum atomic E-state index is -1.63. The Bertz CT molecular complexity index is 231. The van der Waals surface area contributed by atoms with E-state index >= 15 is 0 Å². The average Bonchev–Trinajstić information content (AvgIpc) is 2.15. The molecule has 0 fully saturated rings. The van der Waals surface area contributed by atoms with Gasteiger partial charge in [0.25, 0.3) is 0 Å². The Balaban J connectivity index is 4.03. The summed E-state index contributed by atoms with van der Waals surface area (Å²) in [4.78, 5) is 0. The molecule has 1 unspecified atom stereocenters. The van der Waals surface area contributed by atoms with E-state index in [1.807, 2.05) is 0 Å². The maximum atomic E-state index is 9.79. The summed E-state index contributed by atoms with van der Waals surface area (Å²) in [7, 11) is -1.63. The van der Waals surface area contributed by atoms with Gasteiger partial charge in [0.05, 0.1) is 6.10 Å². The SMILES string of the molecule is C=CCC(O)[C@H](C)CCO[Si](C)(C)C(C)(C)C. The van der Waals surface area contributed by atoms with Gasteiger partial charge in [-0.15, -0.1) is 6.58 Å². The van der Waals surface area contributed by atoms with E-state index in [9.17, 15) is 5.11 Å². The summed E-state index contributed by atoms with van der Waals surface area (Å²) in [5, 5.41) is 10.1. The molecular weight excluding hydrogens is 228 g/mol. The molecule has 3 heteroatoms. The van der Waals surface area contributed by atoms with Crippen molar-refractivity contribution in [2.75, 3.05) is 6.61 Å². The Hall–Kier alpha value is -0.123. The van der Waals surface area contributed by atoms with Crippen molar-refractivity contribution in [1.82, 2.24) is 0 Å². The molecular formula is C14H30O2Si. The van der Waals surface area contributed by atoms with Crippen LogP contribution in [0.5, 0.6) is 0 Å². The summed E-state index contributed by atoms with van der Waals surface area (Å²) in [6.45, 7) is 17.7. The second-order valence-electron chi connectivity index (χ2n) is 6.47. The summed E-state index contributed by atoms with van der Waals surface area (Å²) < 4.78 is 6.09. The first-order valence-corrected chi connectivity index (χ1v) is 9.45. The molecule has 0 aliphatic carbocycles. The minimum Gasteiger partial charge on any atom is -0.417 e. The van der Waals surface area contributed by atoms with Crippen molar-refractivity contribution in [2.45, 2.75) is 64.8 Å². The van der Waals surface area contributed by atoms with Gasteiger partial charge < -0.3 is 9.53 Å².